The molecule has 1 N–H and O–H groups in total. The molecule has 0 aromatic heterocycles. The molecule has 142 valence electrons. The van der Waals surface area contributed by atoms with E-state index in [2.05, 4.69) is 13.8 Å². The fourth-order valence-electron chi connectivity index (χ4n) is 3.77. The number of rotatable bonds is 4. The molecule has 26 heavy (non-hydrogen) atoms. The second kappa shape index (κ2) is 7.58. The van der Waals surface area contributed by atoms with Gasteiger partial charge in [-0.2, -0.15) is 0 Å². The number of hydrogen-bond acceptors (Lipinski definition) is 6. The minimum Gasteiger partial charge on any atom is -0.469 e. The second-order valence-corrected chi connectivity index (χ2v) is 7.35. The molecule has 0 aliphatic heterocycles. The molecule has 0 spiro atoms. The summed E-state index contributed by atoms with van der Waals surface area (Å²) in [5.41, 5.74) is 0.0937. The number of Topliss-reactive ketones (excluding diaryl/α,β-unsaturated/α-hetero) is 1. The van der Waals surface area contributed by atoms with Crippen molar-refractivity contribution in [2.45, 2.75) is 44.6 Å². The lowest BCUT2D eigenvalue weighted by Gasteiger charge is -2.43. The third-order valence-corrected chi connectivity index (χ3v) is 5.17. The summed E-state index contributed by atoms with van der Waals surface area (Å²) in [6.45, 7) is 5.53. The molecular formula is C20H26O6. The molecule has 1 aromatic carbocycles. The van der Waals surface area contributed by atoms with E-state index >= 15 is 0 Å². The predicted molar refractivity (Wildman–Crippen MR) is 94.5 cm³/mol. The SMILES string of the molecule is COC(=O)[C@@H]1C(=O)C[C@@](C)(O)[C@H](C(=O)OC)[C@H]1c1ccc(C(C)C)cc1. The maximum absolute atomic E-state index is 12.6. The summed E-state index contributed by atoms with van der Waals surface area (Å²) in [6.07, 6.45) is -0.312. The van der Waals surface area contributed by atoms with Crippen molar-refractivity contribution in [2.75, 3.05) is 14.2 Å². The van der Waals surface area contributed by atoms with Gasteiger partial charge in [0.2, 0.25) is 0 Å². The summed E-state index contributed by atoms with van der Waals surface area (Å²) in [5.74, 6) is -4.57. The number of ketones is 1. The average molecular weight is 362 g/mol. The van der Waals surface area contributed by atoms with Gasteiger partial charge in [0.25, 0.3) is 0 Å². The van der Waals surface area contributed by atoms with Crippen molar-refractivity contribution < 1.29 is 29.0 Å². The van der Waals surface area contributed by atoms with E-state index in [1.807, 2.05) is 12.1 Å². The standard InChI is InChI=1S/C20H26O6/c1-11(2)12-6-8-13(9-7-12)15-16(18(22)25-4)14(21)10-20(3,24)17(15)19(23)26-5/h6-9,11,15-17,24H,10H2,1-5H3/t15-,16+,17-,20+/m0/s1. The minimum atomic E-state index is -1.61. The van der Waals surface area contributed by atoms with Crippen LogP contribution in [-0.4, -0.2) is 42.6 Å². The van der Waals surface area contributed by atoms with E-state index in [1.54, 1.807) is 12.1 Å². The molecule has 2 rings (SSSR count). The molecule has 1 aliphatic carbocycles. The minimum absolute atomic E-state index is 0.312. The molecule has 1 aliphatic rings. The van der Waals surface area contributed by atoms with Gasteiger partial charge in [0.1, 0.15) is 5.92 Å². The van der Waals surface area contributed by atoms with Gasteiger partial charge in [0.05, 0.1) is 25.7 Å². The molecule has 0 heterocycles. The van der Waals surface area contributed by atoms with E-state index in [-0.39, 0.29) is 6.42 Å². The van der Waals surface area contributed by atoms with Gasteiger partial charge >= 0.3 is 11.9 Å². The van der Waals surface area contributed by atoms with E-state index in [4.69, 9.17) is 9.47 Å². The Morgan fingerprint density at radius 1 is 1.12 bits per heavy atom. The Labute approximate surface area is 153 Å². The van der Waals surface area contributed by atoms with Crippen LogP contribution in [0.3, 0.4) is 0 Å². The number of esters is 2. The van der Waals surface area contributed by atoms with Crippen LogP contribution in [0.15, 0.2) is 24.3 Å². The molecule has 1 saturated carbocycles. The number of benzene rings is 1. The van der Waals surface area contributed by atoms with Gasteiger partial charge in [-0.3, -0.25) is 14.4 Å². The van der Waals surface area contributed by atoms with Gasteiger partial charge in [-0.25, -0.2) is 0 Å². The molecule has 6 nitrogen and oxygen atoms in total. The Morgan fingerprint density at radius 2 is 1.65 bits per heavy atom. The third kappa shape index (κ3) is 3.65. The molecule has 0 saturated heterocycles. The number of hydrogen-bond donors (Lipinski definition) is 1. The van der Waals surface area contributed by atoms with Gasteiger partial charge in [-0.1, -0.05) is 38.1 Å². The number of aliphatic hydroxyl groups is 1. The summed E-state index contributed by atoms with van der Waals surface area (Å²) >= 11 is 0. The first-order valence-corrected chi connectivity index (χ1v) is 8.64. The molecule has 0 radical (unpaired) electrons. The highest BCUT2D eigenvalue weighted by Gasteiger charge is 2.56. The molecule has 1 aromatic rings. The quantitative estimate of drug-likeness (QED) is 0.652. The topological polar surface area (TPSA) is 89.9 Å². The van der Waals surface area contributed by atoms with Crippen LogP contribution in [0, 0.1) is 11.8 Å². The van der Waals surface area contributed by atoms with Crippen molar-refractivity contribution in [1.29, 1.82) is 0 Å². The molecular weight excluding hydrogens is 336 g/mol. The maximum Gasteiger partial charge on any atom is 0.316 e. The van der Waals surface area contributed by atoms with Crippen molar-refractivity contribution in [3.8, 4) is 0 Å². The van der Waals surface area contributed by atoms with E-state index in [0.717, 1.165) is 5.56 Å². The molecule has 1 fully saturated rings. The van der Waals surface area contributed by atoms with Crippen LogP contribution in [0.2, 0.25) is 0 Å². The Kier molecular flexibility index (Phi) is 5.86. The normalized spacial score (nSPS) is 28.7. The first kappa shape index (κ1) is 20.1. The van der Waals surface area contributed by atoms with Crippen LogP contribution in [0.4, 0.5) is 0 Å². The molecule has 6 heteroatoms. The lowest BCUT2D eigenvalue weighted by atomic mass is 9.61. The van der Waals surface area contributed by atoms with Crippen molar-refractivity contribution in [3.63, 3.8) is 0 Å². The van der Waals surface area contributed by atoms with E-state index in [0.29, 0.717) is 11.5 Å². The van der Waals surface area contributed by atoms with Crippen molar-refractivity contribution in [1.82, 2.24) is 0 Å². The Balaban J connectivity index is 2.61. The Morgan fingerprint density at radius 3 is 2.12 bits per heavy atom. The first-order chi connectivity index (χ1) is 12.1. The summed E-state index contributed by atoms with van der Waals surface area (Å²) in [6, 6.07) is 7.38. The largest absolute Gasteiger partial charge is 0.469 e. The monoisotopic (exact) mass is 362 g/mol. The number of methoxy groups -OCH3 is 2. The Hall–Kier alpha value is -2.21. The fourth-order valence-corrected chi connectivity index (χ4v) is 3.77. The summed E-state index contributed by atoms with van der Waals surface area (Å²) in [5, 5.41) is 10.8. The van der Waals surface area contributed by atoms with Crippen LogP contribution in [0.1, 0.15) is 50.2 Å². The molecule has 0 amide bonds. The van der Waals surface area contributed by atoms with Gasteiger partial charge in [0.15, 0.2) is 5.78 Å². The highest BCUT2D eigenvalue weighted by molar-refractivity contribution is 6.02. The zero-order valence-electron chi connectivity index (χ0n) is 15.8. The molecule has 4 atom stereocenters. The van der Waals surface area contributed by atoms with Gasteiger partial charge < -0.3 is 14.6 Å². The van der Waals surface area contributed by atoms with Crippen LogP contribution in [0.5, 0.6) is 0 Å². The summed E-state index contributed by atoms with van der Waals surface area (Å²) < 4.78 is 9.68. The fraction of sp³-hybridized carbons (Fsp3) is 0.550. The predicted octanol–water partition coefficient (Wildman–Crippen LogP) is 2.20. The molecule has 0 unspecified atom stereocenters. The smallest absolute Gasteiger partial charge is 0.316 e. The van der Waals surface area contributed by atoms with Gasteiger partial charge in [0, 0.05) is 12.3 Å². The summed E-state index contributed by atoms with van der Waals surface area (Å²) in [7, 11) is 2.43. The zero-order chi connectivity index (χ0) is 19.6. The second-order valence-electron chi connectivity index (χ2n) is 7.35. The Bertz CT molecular complexity index is 689. The highest BCUT2D eigenvalue weighted by Crippen LogP contribution is 2.46. The molecule has 0 bridgehead atoms. The van der Waals surface area contributed by atoms with Crippen LogP contribution in [-0.2, 0) is 23.9 Å². The lowest BCUT2D eigenvalue weighted by Crippen LogP contribution is -2.55. The average Bonchev–Trinajstić information content (AvgIpc) is 2.59. The third-order valence-electron chi connectivity index (χ3n) is 5.17. The summed E-state index contributed by atoms with van der Waals surface area (Å²) in [4.78, 5) is 37.4. The van der Waals surface area contributed by atoms with Crippen molar-refractivity contribution >= 4 is 17.7 Å². The van der Waals surface area contributed by atoms with Crippen molar-refractivity contribution in [2.24, 2.45) is 11.8 Å². The maximum atomic E-state index is 12.6. The van der Waals surface area contributed by atoms with Gasteiger partial charge in [-0.15, -0.1) is 0 Å². The van der Waals surface area contributed by atoms with Gasteiger partial charge in [-0.05, 0) is 24.0 Å². The zero-order valence-corrected chi connectivity index (χ0v) is 15.8. The number of carbonyl (C=O) groups is 3. The number of ether oxygens (including phenoxy) is 2. The van der Waals surface area contributed by atoms with Crippen LogP contribution < -0.4 is 0 Å². The van der Waals surface area contributed by atoms with E-state index in [9.17, 15) is 19.5 Å². The lowest BCUT2D eigenvalue weighted by molar-refractivity contribution is -0.170. The first-order valence-electron chi connectivity index (χ1n) is 8.64. The van der Waals surface area contributed by atoms with Crippen LogP contribution >= 0.6 is 0 Å². The van der Waals surface area contributed by atoms with E-state index in [1.165, 1.54) is 21.1 Å². The van der Waals surface area contributed by atoms with E-state index < -0.39 is 41.1 Å². The number of carbonyl (C=O) groups excluding carboxylic acids is 3. The van der Waals surface area contributed by atoms with Crippen molar-refractivity contribution in [3.05, 3.63) is 35.4 Å². The van der Waals surface area contributed by atoms with Crippen LogP contribution in [0.25, 0.3) is 0 Å². The highest BCUT2D eigenvalue weighted by atomic mass is 16.5.